The number of pyridine rings is 1. The maximum atomic E-state index is 13.7. The third-order valence-electron chi connectivity index (χ3n) is 5.80. The maximum absolute atomic E-state index is 13.7. The molecule has 0 aliphatic heterocycles. The highest BCUT2D eigenvalue weighted by Crippen LogP contribution is 2.46. The number of alkyl halides is 6. The molecule has 10 heteroatoms. The molecular weight excluding hydrogens is 439 g/mol. The van der Waals surface area contributed by atoms with Crippen molar-refractivity contribution in [3.8, 4) is 0 Å². The molecule has 3 nitrogen and oxygen atoms in total. The van der Waals surface area contributed by atoms with Crippen LogP contribution in [-0.4, -0.2) is 11.0 Å². The highest BCUT2D eigenvalue weighted by Gasteiger charge is 2.42. The van der Waals surface area contributed by atoms with Gasteiger partial charge in [-0.05, 0) is 73.4 Å². The second kappa shape index (κ2) is 8.53. The van der Waals surface area contributed by atoms with Crippen molar-refractivity contribution >= 4 is 5.82 Å². The van der Waals surface area contributed by atoms with Crippen LogP contribution in [0.3, 0.4) is 0 Å². The predicted molar refractivity (Wildman–Crippen MR) is 104 cm³/mol. The van der Waals surface area contributed by atoms with E-state index in [9.17, 15) is 30.7 Å². The van der Waals surface area contributed by atoms with Crippen LogP contribution >= 0.6 is 0 Å². The van der Waals surface area contributed by atoms with Gasteiger partial charge in [0, 0.05) is 24.7 Å². The summed E-state index contributed by atoms with van der Waals surface area (Å²) in [5.41, 5.74) is -2.26. The van der Waals surface area contributed by atoms with Gasteiger partial charge in [-0.2, -0.15) is 30.7 Å². The number of rotatable bonds is 8. The fourth-order valence-corrected chi connectivity index (χ4v) is 3.88. The summed E-state index contributed by atoms with van der Waals surface area (Å²) in [6.07, 6.45) is -5.37. The molecule has 2 aliphatic rings. The van der Waals surface area contributed by atoms with E-state index < -0.39 is 29.4 Å². The van der Waals surface area contributed by atoms with Gasteiger partial charge in [0.1, 0.15) is 5.82 Å². The van der Waals surface area contributed by atoms with Gasteiger partial charge in [-0.15, -0.1) is 0 Å². The molecule has 2 aliphatic carbocycles. The lowest BCUT2D eigenvalue weighted by atomic mass is 10.0. The van der Waals surface area contributed by atoms with Gasteiger partial charge in [0.05, 0.1) is 11.1 Å². The number of anilines is 1. The molecule has 0 unspecified atom stereocenters. The van der Waals surface area contributed by atoms with Crippen LogP contribution in [0.1, 0.15) is 47.9 Å². The molecule has 0 amide bonds. The summed E-state index contributed by atoms with van der Waals surface area (Å²) in [6, 6.07) is 4.40. The van der Waals surface area contributed by atoms with Crippen LogP contribution in [0.5, 0.6) is 0 Å². The average Bonchev–Trinajstić information content (AvgIpc) is 3.60. The van der Waals surface area contributed by atoms with Gasteiger partial charge in [-0.3, -0.25) is 0 Å². The Balaban J connectivity index is 1.47. The minimum atomic E-state index is -4.89. The number of nitrogens with one attached hydrogen (secondary N) is 2. The predicted octanol–water partition coefficient (Wildman–Crippen LogP) is 6.15. The van der Waals surface area contributed by atoms with Crippen molar-refractivity contribution in [2.45, 2.75) is 57.2 Å². The SMILES string of the molecule is Fc1ccc(CNCc2cc(C(F)(F)F)cc(C(F)(F)F)c2)c(NC(C2CC2)C2CC2)n1. The molecule has 174 valence electrons. The summed E-state index contributed by atoms with van der Waals surface area (Å²) < 4.78 is 92.0. The fraction of sp³-hybridized carbons (Fsp3) is 0.500. The number of nitrogens with zero attached hydrogens (tertiary/aromatic N) is 1. The summed E-state index contributed by atoms with van der Waals surface area (Å²) in [7, 11) is 0. The van der Waals surface area contributed by atoms with E-state index in [0.29, 0.717) is 35.3 Å². The van der Waals surface area contributed by atoms with E-state index in [1.54, 1.807) is 0 Å². The third-order valence-corrected chi connectivity index (χ3v) is 5.80. The van der Waals surface area contributed by atoms with Crippen LogP contribution in [0, 0.1) is 17.8 Å². The minimum Gasteiger partial charge on any atom is -0.366 e. The van der Waals surface area contributed by atoms with Crippen LogP contribution in [0.15, 0.2) is 30.3 Å². The second-order valence-corrected chi connectivity index (χ2v) is 8.50. The van der Waals surface area contributed by atoms with Crippen molar-refractivity contribution in [2.75, 3.05) is 5.32 Å². The van der Waals surface area contributed by atoms with Crippen LogP contribution in [-0.2, 0) is 25.4 Å². The van der Waals surface area contributed by atoms with Crippen molar-refractivity contribution in [1.82, 2.24) is 10.3 Å². The average molecular weight is 461 g/mol. The van der Waals surface area contributed by atoms with Gasteiger partial charge in [0.15, 0.2) is 0 Å². The number of hydrogen-bond donors (Lipinski definition) is 2. The molecule has 2 aromatic rings. The summed E-state index contributed by atoms with van der Waals surface area (Å²) in [6.45, 7) is -0.117. The maximum Gasteiger partial charge on any atom is 0.416 e. The van der Waals surface area contributed by atoms with Gasteiger partial charge in [0.2, 0.25) is 5.95 Å². The monoisotopic (exact) mass is 461 g/mol. The third kappa shape index (κ3) is 5.70. The van der Waals surface area contributed by atoms with E-state index in [0.717, 1.165) is 25.7 Å². The first-order valence-corrected chi connectivity index (χ1v) is 10.4. The second-order valence-electron chi connectivity index (χ2n) is 8.50. The first-order chi connectivity index (χ1) is 15.0. The van der Waals surface area contributed by atoms with E-state index >= 15 is 0 Å². The molecule has 1 aromatic heterocycles. The molecule has 2 fully saturated rings. The zero-order valence-corrected chi connectivity index (χ0v) is 17.0. The Hall–Kier alpha value is -2.36. The molecule has 2 saturated carbocycles. The summed E-state index contributed by atoms with van der Waals surface area (Å²) >= 11 is 0. The van der Waals surface area contributed by atoms with Crippen LogP contribution in [0.2, 0.25) is 0 Å². The van der Waals surface area contributed by atoms with Gasteiger partial charge >= 0.3 is 12.4 Å². The lowest BCUT2D eigenvalue weighted by Crippen LogP contribution is -2.26. The molecule has 1 aromatic carbocycles. The van der Waals surface area contributed by atoms with Crippen molar-refractivity contribution in [2.24, 2.45) is 11.8 Å². The largest absolute Gasteiger partial charge is 0.416 e. The first-order valence-electron chi connectivity index (χ1n) is 10.4. The Morgan fingerprint density at radius 1 is 0.844 bits per heavy atom. The highest BCUT2D eigenvalue weighted by molar-refractivity contribution is 5.45. The van der Waals surface area contributed by atoms with Crippen molar-refractivity contribution < 1.29 is 30.7 Å². The lowest BCUT2D eigenvalue weighted by Gasteiger charge is -2.21. The summed E-state index contributed by atoms with van der Waals surface area (Å²) in [5, 5.41) is 6.19. The molecule has 0 saturated heterocycles. The van der Waals surface area contributed by atoms with Crippen molar-refractivity contribution in [3.63, 3.8) is 0 Å². The van der Waals surface area contributed by atoms with Crippen LogP contribution in [0.25, 0.3) is 0 Å². The van der Waals surface area contributed by atoms with E-state index in [4.69, 9.17) is 0 Å². The van der Waals surface area contributed by atoms with Crippen LogP contribution < -0.4 is 10.6 Å². The number of hydrogen-bond acceptors (Lipinski definition) is 3. The van der Waals surface area contributed by atoms with Crippen molar-refractivity contribution in [1.29, 1.82) is 0 Å². The van der Waals surface area contributed by atoms with E-state index in [-0.39, 0.29) is 30.8 Å². The first kappa shape index (κ1) is 22.8. The smallest absolute Gasteiger partial charge is 0.366 e. The Morgan fingerprint density at radius 3 is 1.91 bits per heavy atom. The van der Waals surface area contributed by atoms with Gasteiger partial charge in [-0.25, -0.2) is 4.98 Å². The molecule has 1 heterocycles. The molecule has 32 heavy (non-hydrogen) atoms. The minimum absolute atomic E-state index is 0.102. The molecule has 0 atom stereocenters. The standard InChI is InChI=1S/C22H22F7N3/c23-18-6-5-15(20(31-18)32-19(13-1-2-13)14-3-4-14)11-30-10-12-7-16(21(24,25)26)9-17(8-12)22(27,28)29/h5-9,13-14,19,30H,1-4,10-11H2,(H,31,32). The molecule has 0 spiro atoms. The van der Waals surface area contributed by atoms with Crippen LogP contribution in [0.4, 0.5) is 36.6 Å². The molecular formula is C22H22F7N3. The number of halogens is 7. The summed E-state index contributed by atoms with van der Waals surface area (Å²) in [5.74, 6) is 0.758. The molecule has 0 radical (unpaired) electrons. The van der Waals surface area contributed by atoms with Gasteiger partial charge < -0.3 is 10.6 Å². The van der Waals surface area contributed by atoms with E-state index in [1.165, 1.54) is 12.1 Å². The topological polar surface area (TPSA) is 37.0 Å². The van der Waals surface area contributed by atoms with Gasteiger partial charge in [0.25, 0.3) is 0 Å². The number of aromatic nitrogens is 1. The molecule has 0 bridgehead atoms. The Morgan fingerprint density at radius 2 is 1.41 bits per heavy atom. The molecule has 2 N–H and O–H groups in total. The normalized spacial score (nSPS) is 17.1. The number of benzene rings is 1. The van der Waals surface area contributed by atoms with E-state index in [1.807, 2.05) is 0 Å². The quantitative estimate of drug-likeness (QED) is 0.366. The fourth-order valence-electron chi connectivity index (χ4n) is 3.88. The summed E-state index contributed by atoms with van der Waals surface area (Å²) in [4.78, 5) is 3.94. The Kier molecular flexibility index (Phi) is 6.08. The zero-order valence-electron chi connectivity index (χ0n) is 17.0. The van der Waals surface area contributed by atoms with Crippen molar-refractivity contribution in [3.05, 3.63) is 58.5 Å². The van der Waals surface area contributed by atoms with E-state index in [2.05, 4.69) is 15.6 Å². The zero-order chi connectivity index (χ0) is 23.1. The molecule has 4 rings (SSSR count). The Bertz CT molecular complexity index is 919. The lowest BCUT2D eigenvalue weighted by molar-refractivity contribution is -0.143. The van der Waals surface area contributed by atoms with Gasteiger partial charge in [-0.1, -0.05) is 0 Å². The Labute approximate surface area is 180 Å². The highest BCUT2D eigenvalue weighted by atomic mass is 19.4.